The van der Waals surface area contributed by atoms with E-state index >= 15 is 0 Å². The van der Waals surface area contributed by atoms with E-state index in [1.165, 1.54) is 25.8 Å². The van der Waals surface area contributed by atoms with Crippen molar-refractivity contribution < 1.29 is 0 Å². The van der Waals surface area contributed by atoms with Crippen LogP contribution in [0.5, 0.6) is 0 Å². The van der Waals surface area contributed by atoms with Crippen LogP contribution in [0.1, 0.15) is 67.7 Å². The fourth-order valence-electron chi connectivity index (χ4n) is 2.19. The molecule has 0 bridgehead atoms. The molecule has 0 aliphatic carbocycles. The average Bonchev–Trinajstić information content (AvgIpc) is 2.34. The molecular formula is C16H36N2. The molecule has 0 aromatic rings. The fourth-order valence-corrected chi connectivity index (χ4v) is 2.19. The zero-order chi connectivity index (χ0) is 14.4. The van der Waals surface area contributed by atoms with Crippen LogP contribution in [0.25, 0.3) is 0 Å². The number of hydrogen-bond acceptors (Lipinski definition) is 2. The van der Waals surface area contributed by atoms with Gasteiger partial charge in [0, 0.05) is 24.7 Å². The van der Waals surface area contributed by atoms with E-state index in [0.29, 0.717) is 17.0 Å². The monoisotopic (exact) mass is 256 g/mol. The van der Waals surface area contributed by atoms with Gasteiger partial charge in [-0.15, -0.1) is 0 Å². The van der Waals surface area contributed by atoms with E-state index in [9.17, 15) is 0 Å². The molecular weight excluding hydrogens is 220 g/mol. The molecule has 0 radical (unpaired) electrons. The largest absolute Gasteiger partial charge is 0.314 e. The van der Waals surface area contributed by atoms with Crippen LogP contribution in [0.2, 0.25) is 0 Å². The molecule has 0 aromatic heterocycles. The highest BCUT2D eigenvalue weighted by Gasteiger charge is 2.32. The van der Waals surface area contributed by atoms with Crippen LogP contribution in [0.3, 0.4) is 0 Å². The summed E-state index contributed by atoms with van der Waals surface area (Å²) < 4.78 is 0. The maximum Gasteiger partial charge on any atom is 0.0147 e. The van der Waals surface area contributed by atoms with Crippen LogP contribution < -0.4 is 5.32 Å². The quantitative estimate of drug-likeness (QED) is 0.673. The van der Waals surface area contributed by atoms with E-state index in [0.717, 1.165) is 6.54 Å². The SMILES string of the molecule is CCC(CC)(CNC(C)C)CN(C)C(C)(C)CC. The molecule has 0 atom stereocenters. The van der Waals surface area contributed by atoms with Crippen molar-refractivity contribution in [1.29, 1.82) is 0 Å². The Kier molecular flexibility index (Phi) is 7.46. The van der Waals surface area contributed by atoms with Crippen molar-refractivity contribution in [1.82, 2.24) is 10.2 Å². The van der Waals surface area contributed by atoms with Gasteiger partial charge in [0.2, 0.25) is 0 Å². The fraction of sp³-hybridized carbons (Fsp3) is 1.00. The van der Waals surface area contributed by atoms with Gasteiger partial charge in [-0.2, -0.15) is 0 Å². The van der Waals surface area contributed by atoms with E-state index in [2.05, 4.69) is 65.7 Å². The zero-order valence-electron chi connectivity index (χ0n) is 14.1. The lowest BCUT2D eigenvalue weighted by Gasteiger charge is -2.43. The molecule has 18 heavy (non-hydrogen) atoms. The van der Waals surface area contributed by atoms with Crippen molar-refractivity contribution in [2.45, 2.75) is 79.3 Å². The van der Waals surface area contributed by atoms with Gasteiger partial charge in [0.05, 0.1) is 0 Å². The summed E-state index contributed by atoms with van der Waals surface area (Å²) in [5.74, 6) is 0. The highest BCUT2D eigenvalue weighted by atomic mass is 15.2. The molecule has 0 aromatic carbocycles. The Balaban J connectivity index is 4.69. The van der Waals surface area contributed by atoms with Crippen molar-refractivity contribution in [3.05, 3.63) is 0 Å². The number of nitrogens with one attached hydrogen (secondary N) is 1. The minimum atomic E-state index is 0.299. The second-order valence-corrected chi connectivity index (χ2v) is 6.76. The van der Waals surface area contributed by atoms with Gasteiger partial charge < -0.3 is 10.2 Å². The molecule has 0 spiro atoms. The van der Waals surface area contributed by atoms with Crippen LogP contribution in [-0.4, -0.2) is 36.6 Å². The van der Waals surface area contributed by atoms with Crippen molar-refractivity contribution in [2.24, 2.45) is 5.41 Å². The standard InChI is InChI=1S/C16H36N2/c1-9-15(6,7)18(8)13-16(10-2,11-3)12-17-14(4)5/h14,17H,9-13H2,1-8H3. The van der Waals surface area contributed by atoms with E-state index < -0.39 is 0 Å². The minimum Gasteiger partial charge on any atom is -0.314 e. The van der Waals surface area contributed by atoms with Crippen LogP contribution in [0.15, 0.2) is 0 Å². The number of rotatable bonds is 9. The highest BCUT2D eigenvalue weighted by Crippen LogP contribution is 2.30. The zero-order valence-corrected chi connectivity index (χ0v) is 14.1. The normalized spacial score (nSPS) is 13.7. The summed E-state index contributed by atoms with van der Waals surface area (Å²) in [6.07, 6.45) is 3.69. The first-order valence-corrected chi connectivity index (χ1v) is 7.67. The van der Waals surface area contributed by atoms with Crippen molar-refractivity contribution in [3.63, 3.8) is 0 Å². The molecule has 1 N–H and O–H groups in total. The predicted octanol–water partition coefficient (Wildman–Crippen LogP) is 3.91. The van der Waals surface area contributed by atoms with E-state index in [4.69, 9.17) is 0 Å². The molecule has 0 saturated carbocycles. The Morgan fingerprint density at radius 2 is 1.50 bits per heavy atom. The number of hydrogen-bond donors (Lipinski definition) is 1. The first kappa shape index (κ1) is 17.9. The van der Waals surface area contributed by atoms with Gasteiger partial charge in [-0.05, 0) is 45.6 Å². The molecule has 110 valence electrons. The van der Waals surface area contributed by atoms with Gasteiger partial charge in [0.25, 0.3) is 0 Å². The van der Waals surface area contributed by atoms with E-state index in [1.807, 2.05) is 0 Å². The van der Waals surface area contributed by atoms with Crippen LogP contribution in [0.4, 0.5) is 0 Å². The molecule has 0 heterocycles. The molecule has 2 nitrogen and oxygen atoms in total. The van der Waals surface area contributed by atoms with Gasteiger partial charge in [-0.25, -0.2) is 0 Å². The molecule has 0 aliphatic heterocycles. The molecule has 0 unspecified atom stereocenters. The van der Waals surface area contributed by atoms with Crippen molar-refractivity contribution >= 4 is 0 Å². The summed E-state index contributed by atoms with van der Waals surface area (Å²) in [5, 5.41) is 3.64. The molecule has 2 heteroatoms. The second-order valence-electron chi connectivity index (χ2n) is 6.76. The molecule has 0 saturated heterocycles. The summed E-state index contributed by atoms with van der Waals surface area (Å²) in [4.78, 5) is 2.54. The molecule has 0 amide bonds. The van der Waals surface area contributed by atoms with Crippen LogP contribution >= 0.6 is 0 Å². The van der Waals surface area contributed by atoms with Gasteiger partial charge in [0.1, 0.15) is 0 Å². The summed E-state index contributed by atoms with van der Waals surface area (Å²) in [6.45, 7) is 18.4. The topological polar surface area (TPSA) is 15.3 Å². The van der Waals surface area contributed by atoms with Gasteiger partial charge >= 0.3 is 0 Å². The van der Waals surface area contributed by atoms with Crippen molar-refractivity contribution in [2.75, 3.05) is 20.1 Å². The summed E-state index contributed by atoms with van der Waals surface area (Å²) >= 11 is 0. The Bertz CT molecular complexity index is 217. The third-order valence-corrected chi connectivity index (χ3v) is 4.86. The molecule has 0 fully saturated rings. The first-order valence-electron chi connectivity index (χ1n) is 7.67. The Morgan fingerprint density at radius 1 is 1.00 bits per heavy atom. The molecule has 0 rings (SSSR count). The third kappa shape index (κ3) is 5.27. The minimum absolute atomic E-state index is 0.299. The second kappa shape index (κ2) is 7.49. The lowest BCUT2D eigenvalue weighted by Crippen LogP contribution is -2.50. The number of nitrogens with zero attached hydrogens (tertiary/aromatic N) is 1. The maximum atomic E-state index is 3.64. The van der Waals surface area contributed by atoms with E-state index in [-0.39, 0.29) is 0 Å². The third-order valence-electron chi connectivity index (χ3n) is 4.86. The Labute approximate surface area is 116 Å². The van der Waals surface area contributed by atoms with Crippen LogP contribution in [-0.2, 0) is 0 Å². The first-order chi connectivity index (χ1) is 8.23. The van der Waals surface area contributed by atoms with E-state index in [1.54, 1.807) is 0 Å². The van der Waals surface area contributed by atoms with Gasteiger partial charge in [0.15, 0.2) is 0 Å². The summed E-state index contributed by atoms with van der Waals surface area (Å²) in [6, 6.07) is 0.576. The summed E-state index contributed by atoms with van der Waals surface area (Å²) in [7, 11) is 2.28. The van der Waals surface area contributed by atoms with Crippen LogP contribution in [0, 0.1) is 5.41 Å². The highest BCUT2D eigenvalue weighted by molar-refractivity contribution is 4.87. The van der Waals surface area contributed by atoms with Gasteiger partial charge in [-0.1, -0.05) is 34.6 Å². The summed E-state index contributed by atoms with van der Waals surface area (Å²) in [5.41, 5.74) is 0.707. The Morgan fingerprint density at radius 3 is 1.83 bits per heavy atom. The van der Waals surface area contributed by atoms with Crippen molar-refractivity contribution in [3.8, 4) is 0 Å². The predicted molar refractivity (Wildman–Crippen MR) is 83.2 cm³/mol. The Hall–Kier alpha value is -0.0800. The average molecular weight is 256 g/mol. The maximum absolute atomic E-state index is 3.64. The lowest BCUT2D eigenvalue weighted by molar-refractivity contribution is 0.0736. The van der Waals surface area contributed by atoms with Gasteiger partial charge in [-0.3, -0.25) is 0 Å². The lowest BCUT2D eigenvalue weighted by atomic mass is 9.80. The smallest absolute Gasteiger partial charge is 0.0147 e. The molecule has 0 aliphatic rings.